The van der Waals surface area contributed by atoms with Gasteiger partial charge in [-0.1, -0.05) is 29.3 Å². The number of pyridine rings is 1. The van der Waals surface area contributed by atoms with Crippen LogP contribution in [0.25, 0.3) is 0 Å². The average Bonchev–Trinajstić information content (AvgIpc) is 2.76. The Bertz CT molecular complexity index is 934. The molecule has 0 bridgehead atoms. The van der Waals surface area contributed by atoms with Crippen LogP contribution in [0.15, 0.2) is 42.6 Å². The first-order valence-electron chi connectivity index (χ1n) is 9.70. The molecule has 158 valence electrons. The van der Waals surface area contributed by atoms with Crippen molar-refractivity contribution >= 4 is 29.3 Å². The van der Waals surface area contributed by atoms with Crippen LogP contribution in [0.4, 0.5) is 0 Å². The van der Waals surface area contributed by atoms with Crippen LogP contribution >= 0.6 is 11.6 Å². The molecule has 1 fully saturated rings. The smallest absolute Gasteiger partial charge is 0.263 e. The largest absolute Gasteiger partial charge is 0.351 e. The molecule has 2 heterocycles. The molecule has 1 aromatic carbocycles. The van der Waals surface area contributed by atoms with E-state index in [-0.39, 0.29) is 24.1 Å². The topological polar surface area (TPSA) is 109 Å². The minimum absolute atomic E-state index is 0.242. The van der Waals surface area contributed by atoms with Gasteiger partial charge in [-0.05, 0) is 37.6 Å². The van der Waals surface area contributed by atoms with E-state index in [9.17, 15) is 14.4 Å². The van der Waals surface area contributed by atoms with E-state index in [0.717, 1.165) is 5.56 Å². The molecule has 1 atom stereocenters. The Balaban J connectivity index is 1.94. The maximum atomic E-state index is 13.2. The molecule has 9 heteroatoms. The summed E-state index contributed by atoms with van der Waals surface area (Å²) in [5, 5.41) is 2.97. The normalized spacial score (nSPS) is 16.3. The Kier molecular flexibility index (Phi) is 7.02. The van der Waals surface area contributed by atoms with Crippen LogP contribution in [-0.4, -0.2) is 64.9 Å². The van der Waals surface area contributed by atoms with Crippen molar-refractivity contribution in [2.45, 2.75) is 19.5 Å². The van der Waals surface area contributed by atoms with Gasteiger partial charge in [0.2, 0.25) is 0 Å². The highest BCUT2D eigenvalue weighted by atomic mass is 35.5. The van der Waals surface area contributed by atoms with Crippen molar-refractivity contribution in [3.8, 4) is 0 Å². The van der Waals surface area contributed by atoms with Gasteiger partial charge >= 0.3 is 0 Å². The molecule has 8 nitrogen and oxygen atoms in total. The lowest BCUT2D eigenvalue weighted by molar-refractivity contribution is -0.132. The molecule has 30 heavy (non-hydrogen) atoms. The molecule has 0 aliphatic carbocycles. The predicted octanol–water partition coefficient (Wildman–Crippen LogP) is 1.43. The fourth-order valence-electron chi connectivity index (χ4n) is 3.43. The highest BCUT2D eigenvalue weighted by Crippen LogP contribution is 2.21. The Hall–Kier alpha value is -2.97. The molecule has 1 aliphatic rings. The van der Waals surface area contributed by atoms with Crippen LogP contribution in [0.2, 0.25) is 5.15 Å². The highest BCUT2D eigenvalue weighted by molar-refractivity contribution is 6.29. The third-order valence-corrected chi connectivity index (χ3v) is 5.05. The van der Waals surface area contributed by atoms with E-state index in [1.54, 1.807) is 24.3 Å². The minimum Gasteiger partial charge on any atom is -0.351 e. The molecule has 3 amide bonds. The molecule has 1 aromatic heterocycles. The van der Waals surface area contributed by atoms with Gasteiger partial charge in [0.25, 0.3) is 17.7 Å². The standard InChI is InChI=1S/C21H24ClN5O3/c1-14-4-2-5-15(12-14)20(29)26-10-3-11-27(19(26)18(28)24-9-8-23)21(30)16-6-7-17(22)25-13-16/h2,4-7,12-13,19H,3,8-11,23H2,1H3,(H,24,28). The van der Waals surface area contributed by atoms with E-state index in [1.807, 2.05) is 13.0 Å². The second-order valence-electron chi connectivity index (χ2n) is 7.04. The minimum atomic E-state index is -1.08. The van der Waals surface area contributed by atoms with Gasteiger partial charge < -0.3 is 20.9 Å². The Labute approximate surface area is 180 Å². The summed E-state index contributed by atoms with van der Waals surface area (Å²) in [6.07, 6.45) is 0.827. The van der Waals surface area contributed by atoms with Crippen molar-refractivity contribution in [1.29, 1.82) is 0 Å². The molecule has 3 N–H and O–H groups in total. The average molecular weight is 430 g/mol. The molecule has 1 saturated heterocycles. The van der Waals surface area contributed by atoms with Crippen molar-refractivity contribution in [2.24, 2.45) is 5.73 Å². The van der Waals surface area contributed by atoms with Crippen LogP contribution in [0.5, 0.6) is 0 Å². The van der Waals surface area contributed by atoms with E-state index >= 15 is 0 Å². The highest BCUT2D eigenvalue weighted by Gasteiger charge is 2.40. The van der Waals surface area contributed by atoms with E-state index < -0.39 is 18.0 Å². The maximum absolute atomic E-state index is 13.2. The van der Waals surface area contributed by atoms with Gasteiger partial charge in [0.15, 0.2) is 6.17 Å². The molecular weight excluding hydrogens is 406 g/mol. The molecule has 3 rings (SSSR count). The van der Waals surface area contributed by atoms with Crippen LogP contribution in [0.3, 0.4) is 0 Å². The fraction of sp³-hybridized carbons (Fsp3) is 0.333. The third kappa shape index (κ3) is 4.77. The summed E-state index contributed by atoms with van der Waals surface area (Å²) in [5.41, 5.74) is 7.20. The Morgan fingerprint density at radius 3 is 2.43 bits per heavy atom. The Morgan fingerprint density at radius 2 is 1.83 bits per heavy atom. The van der Waals surface area contributed by atoms with Gasteiger partial charge in [0, 0.05) is 37.9 Å². The number of rotatable bonds is 5. The lowest BCUT2D eigenvalue weighted by Crippen LogP contribution is -2.63. The SMILES string of the molecule is Cc1cccc(C(=O)N2CCCN(C(=O)c3ccc(Cl)nc3)C2C(=O)NCCN)c1. The number of halogens is 1. The van der Waals surface area contributed by atoms with E-state index in [2.05, 4.69) is 10.3 Å². The van der Waals surface area contributed by atoms with Gasteiger partial charge in [0.05, 0.1) is 5.56 Å². The molecule has 1 aliphatic heterocycles. The van der Waals surface area contributed by atoms with Crippen molar-refractivity contribution in [3.63, 3.8) is 0 Å². The molecule has 1 unspecified atom stereocenters. The number of hydrogen-bond donors (Lipinski definition) is 2. The lowest BCUT2D eigenvalue weighted by Gasteiger charge is -2.42. The third-order valence-electron chi connectivity index (χ3n) is 4.83. The number of nitrogens with zero attached hydrogens (tertiary/aromatic N) is 3. The number of hydrogen-bond acceptors (Lipinski definition) is 5. The zero-order valence-electron chi connectivity index (χ0n) is 16.7. The zero-order valence-corrected chi connectivity index (χ0v) is 17.4. The number of amides is 3. The number of aromatic nitrogens is 1. The first-order valence-corrected chi connectivity index (χ1v) is 10.1. The van der Waals surface area contributed by atoms with E-state index in [4.69, 9.17) is 17.3 Å². The summed E-state index contributed by atoms with van der Waals surface area (Å²) in [5.74, 6) is -1.15. The van der Waals surface area contributed by atoms with Crippen LogP contribution in [0, 0.1) is 6.92 Å². The van der Waals surface area contributed by atoms with Crippen LogP contribution in [-0.2, 0) is 4.79 Å². The summed E-state index contributed by atoms with van der Waals surface area (Å²) >= 11 is 5.82. The second-order valence-corrected chi connectivity index (χ2v) is 7.43. The fourth-order valence-corrected chi connectivity index (χ4v) is 3.54. The molecule has 0 radical (unpaired) electrons. The maximum Gasteiger partial charge on any atom is 0.263 e. The van der Waals surface area contributed by atoms with Crippen molar-refractivity contribution < 1.29 is 14.4 Å². The predicted molar refractivity (Wildman–Crippen MR) is 113 cm³/mol. The first kappa shape index (κ1) is 21.7. The summed E-state index contributed by atoms with van der Waals surface area (Å²) in [7, 11) is 0. The zero-order chi connectivity index (χ0) is 21.7. The summed E-state index contributed by atoms with van der Waals surface area (Å²) < 4.78 is 0. The molecular formula is C21H24ClN5O3. The summed E-state index contributed by atoms with van der Waals surface area (Å²) in [6.45, 7) is 3.07. The molecule has 2 aromatic rings. The number of benzene rings is 1. The number of aryl methyl sites for hydroxylation is 1. The summed E-state index contributed by atoms with van der Waals surface area (Å²) in [4.78, 5) is 46.2. The summed E-state index contributed by atoms with van der Waals surface area (Å²) in [6, 6.07) is 10.2. The number of nitrogens with two attached hydrogens (primary N) is 1. The molecule has 0 saturated carbocycles. The van der Waals surface area contributed by atoms with E-state index in [0.29, 0.717) is 30.6 Å². The molecule has 0 spiro atoms. The lowest BCUT2D eigenvalue weighted by atomic mass is 10.1. The first-order chi connectivity index (χ1) is 14.4. The van der Waals surface area contributed by atoms with Crippen molar-refractivity contribution in [3.05, 3.63) is 64.4 Å². The number of carbonyl (C=O) groups is 3. The van der Waals surface area contributed by atoms with Crippen LogP contribution in [0.1, 0.15) is 32.7 Å². The number of carbonyl (C=O) groups excluding carboxylic acids is 3. The van der Waals surface area contributed by atoms with Gasteiger partial charge in [-0.15, -0.1) is 0 Å². The number of nitrogens with one attached hydrogen (secondary N) is 1. The second kappa shape index (κ2) is 9.69. The van der Waals surface area contributed by atoms with Gasteiger partial charge in [-0.3, -0.25) is 14.4 Å². The monoisotopic (exact) mass is 429 g/mol. The van der Waals surface area contributed by atoms with Crippen LogP contribution < -0.4 is 11.1 Å². The van der Waals surface area contributed by atoms with Gasteiger partial charge in [-0.25, -0.2) is 4.98 Å². The van der Waals surface area contributed by atoms with Crippen molar-refractivity contribution in [2.75, 3.05) is 26.2 Å². The van der Waals surface area contributed by atoms with E-state index in [1.165, 1.54) is 22.1 Å². The quantitative estimate of drug-likeness (QED) is 0.699. The van der Waals surface area contributed by atoms with Gasteiger partial charge in [-0.2, -0.15) is 0 Å². The van der Waals surface area contributed by atoms with Crippen molar-refractivity contribution in [1.82, 2.24) is 20.1 Å². The Morgan fingerprint density at radius 1 is 1.13 bits per heavy atom. The van der Waals surface area contributed by atoms with Gasteiger partial charge in [0.1, 0.15) is 5.15 Å².